The topological polar surface area (TPSA) is 427 Å². The predicted molar refractivity (Wildman–Crippen MR) is 167 cm³/mol. The fraction of sp³-hybridized carbons (Fsp3) is 1.00. The molecule has 0 saturated carbocycles. The van der Waals surface area contributed by atoms with Crippen LogP contribution in [-0.4, -0.2) is 273 Å². The van der Waals surface area contributed by atoms with Crippen LogP contribution in [-0.2, 0) is 42.6 Å². The first kappa shape index (κ1) is 46.0. The van der Waals surface area contributed by atoms with Gasteiger partial charge in [0.25, 0.3) is 0 Å². The number of hydrogen-bond donors (Lipinski definition) is 17. The van der Waals surface area contributed by atoms with Gasteiger partial charge in [-0.1, -0.05) is 0 Å². The fourth-order valence-electron chi connectivity index (χ4n) is 6.97. The summed E-state index contributed by atoms with van der Waals surface area (Å²) in [7, 11) is 0. The van der Waals surface area contributed by atoms with E-state index in [4.69, 9.17) is 42.6 Å². The van der Waals surface area contributed by atoms with Gasteiger partial charge in [-0.25, -0.2) is 0 Å². The van der Waals surface area contributed by atoms with Gasteiger partial charge in [0.1, 0.15) is 122 Å². The molecule has 26 nitrogen and oxygen atoms in total. The molecule has 26 heteroatoms. The molecule has 5 aliphatic rings. The first-order chi connectivity index (χ1) is 26.5. The molecule has 0 amide bonds. The molecular weight excluding hydrogens is 776 g/mol. The molecule has 25 atom stereocenters. The largest absolute Gasteiger partial charge is 0.394 e. The van der Waals surface area contributed by atoms with E-state index < -0.39 is 187 Å². The molecule has 5 fully saturated rings. The summed E-state index contributed by atoms with van der Waals surface area (Å²) in [5.41, 5.74) is 0. The lowest BCUT2D eigenvalue weighted by molar-refractivity contribution is -0.415. The molecule has 0 aromatic carbocycles. The SMILES string of the molecule is OC[C@H]1O[C@@H](O[C@H]2[C@H](O)[C@@H](CO)O[C@H](O[C@@H]3[C@@H](O)[C@@H](O)O[C@H](CO)[C@H]3O)[C@@H]2O[C@H]2O[C@H](CO)[C@H](O)[C@H](O)[C@H]2O[C@H]2O[C@H](CO)[C@H](O)[C@H](O)[C@H]2O)[C@H](O)[C@@H](O)[C@H]1O. The van der Waals surface area contributed by atoms with E-state index in [9.17, 15) is 86.8 Å². The lowest BCUT2D eigenvalue weighted by atomic mass is 9.95. The van der Waals surface area contributed by atoms with Crippen LogP contribution < -0.4 is 0 Å². The lowest BCUT2D eigenvalue weighted by Gasteiger charge is -2.51. The fourth-order valence-corrected chi connectivity index (χ4v) is 6.97. The third-order valence-corrected chi connectivity index (χ3v) is 10.3. The van der Waals surface area contributed by atoms with Gasteiger partial charge in [0.2, 0.25) is 0 Å². The van der Waals surface area contributed by atoms with E-state index in [-0.39, 0.29) is 0 Å². The molecule has 0 unspecified atom stereocenters. The van der Waals surface area contributed by atoms with Crippen LogP contribution >= 0.6 is 0 Å². The molecule has 0 aromatic rings. The van der Waals surface area contributed by atoms with Crippen LogP contribution in [0.3, 0.4) is 0 Å². The highest BCUT2D eigenvalue weighted by Gasteiger charge is 2.58. The van der Waals surface area contributed by atoms with Crippen molar-refractivity contribution >= 4 is 0 Å². The third kappa shape index (κ3) is 9.16. The Morgan fingerprint density at radius 2 is 0.589 bits per heavy atom. The second-order valence-corrected chi connectivity index (χ2v) is 13.9. The van der Waals surface area contributed by atoms with E-state index in [0.29, 0.717) is 0 Å². The molecule has 0 radical (unpaired) electrons. The Hall–Kier alpha value is -1.04. The number of aliphatic hydroxyl groups excluding tert-OH is 17. The standard InChI is InChI=1S/C30H52O26/c31-1-6-11(36)16(41)19(44)27(49-6)54-23-15(40)10(5-35)52-30(53-22-14(39)9(4-34)48-26(47)21(22)46)25(23)56-29-24(18(43)13(38)8(3-33)51-29)55-28-20(45)17(42)12(37)7(2-32)50-28/h6-47H,1-5H2/t6-,7-,8-,9-,10-,11+,12+,13+,14-,15-,16+,17+,18+,19-,20-,21-,22+,23+,24-,25-,26+,27+,28-,29-,30-/m1/s1. The molecule has 0 spiro atoms. The first-order valence-electron chi connectivity index (χ1n) is 17.6. The smallest absolute Gasteiger partial charge is 0.187 e. The molecule has 5 heterocycles. The summed E-state index contributed by atoms with van der Waals surface area (Å²) >= 11 is 0. The third-order valence-electron chi connectivity index (χ3n) is 10.3. The summed E-state index contributed by atoms with van der Waals surface area (Å²) in [4.78, 5) is 0. The zero-order valence-electron chi connectivity index (χ0n) is 29.2. The first-order valence-corrected chi connectivity index (χ1v) is 17.6. The normalized spacial score (nSPS) is 53.2. The second-order valence-electron chi connectivity index (χ2n) is 13.9. The Morgan fingerprint density at radius 3 is 1.05 bits per heavy atom. The van der Waals surface area contributed by atoms with Crippen molar-refractivity contribution < 1.29 is 129 Å². The molecule has 0 aromatic heterocycles. The van der Waals surface area contributed by atoms with Crippen LogP contribution in [0.1, 0.15) is 0 Å². The van der Waals surface area contributed by atoms with Gasteiger partial charge in [-0.2, -0.15) is 0 Å². The van der Waals surface area contributed by atoms with Gasteiger partial charge in [0.05, 0.1) is 33.0 Å². The molecule has 17 N–H and O–H groups in total. The van der Waals surface area contributed by atoms with Gasteiger partial charge >= 0.3 is 0 Å². The maximum Gasteiger partial charge on any atom is 0.187 e. The minimum absolute atomic E-state index is 0.904. The maximum absolute atomic E-state index is 11.4. The van der Waals surface area contributed by atoms with E-state index in [1.54, 1.807) is 0 Å². The Bertz CT molecular complexity index is 1200. The van der Waals surface area contributed by atoms with Gasteiger partial charge in [-0.15, -0.1) is 0 Å². The lowest BCUT2D eigenvalue weighted by Crippen LogP contribution is -2.69. The zero-order valence-corrected chi connectivity index (χ0v) is 29.2. The summed E-state index contributed by atoms with van der Waals surface area (Å²) in [6.07, 6.45) is -48.8. The molecule has 56 heavy (non-hydrogen) atoms. The highest BCUT2D eigenvalue weighted by Crippen LogP contribution is 2.37. The van der Waals surface area contributed by atoms with Crippen LogP contribution in [0.5, 0.6) is 0 Å². The van der Waals surface area contributed by atoms with Crippen molar-refractivity contribution in [3.8, 4) is 0 Å². The van der Waals surface area contributed by atoms with Crippen molar-refractivity contribution in [1.82, 2.24) is 0 Å². The summed E-state index contributed by atoms with van der Waals surface area (Å²) < 4.78 is 50.6. The second kappa shape index (κ2) is 19.6. The minimum Gasteiger partial charge on any atom is -0.394 e. The van der Waals surface area contributed by atoms with Gasteiger partial charge in [0.15, 0.2) is 31.5 Å². The highest BCUT2D eigenvalue weighted by molar-refractivity contribution is 4.99. The average Bonchev–Trinajstić information content (AvgIpc) is 3.19. The number of rotatable bonds is 13. The molecule has 5 rings (SSSR count). The minimum atomic E-state index is -2.14. The molecule has 5 saturated heterocycles. The van der Waals surface area contributed by atoms with E-state index in [1.807, 2.05) is 0 Å². The van der Waals surface area contributed by atoms with Gasteiger partial charge in [-0.3, -0.25) is 0 Å². The van der Waals surface area contributed by atoms with E-state index in [1.165, 1.54) is 0 Å². The van der Waals surface area contributed by atoms with Gasteiger partial charge < -0.3 is 129 Å². The van der Waals surface area contributed by atoms with Crippen LogP contribution in [0.4, 0.5) is 0 Å². The highest BCUT2D eigenvalue weighted by atomic mass is 16.8. The summed E-state index contributed by atoms with van der Waals surface area (Å²) in [5.74, 6) is 0. The summed E-state index contributed by atoms with van der Waals surface area (Å²) in [5, 5.41) is 177. The summed E-state index contributed by atoms with van der Waals surface area (Å²) in [6.45, 7) is -4.75. The summed E-state index contributed by atoms with van der Waals surface area (Å²) in [6, 6.07) is 0. The van der Waals surface area contributed by atoms with Crippen molar-refractivity contribution in [3.05, 3.63) is 0 Å². The number of aliphatic hydroxyl groups is 17. The molecular formula is C30H52O26. The molecule has 328 valence electrons. The van der Waals surface area contributed by atoms with Crippen molar-refractivity contribution in [2.75, 3.05) is 33.0 Å². The van der Waals surface area contributed by atoms with E-state index in [2.05, 4.69) is 0 Å². The van der Waals surface area contributed by atoms with Crippen LogP contribution in [0.25, 0.3) is 0 Å². The maximum atomic E-state index is 11.4. The van der Waals surface area contributed by atoms with Crippen LogP contribution in [0, 0.1) is 0 Å². The molecule has 0 aliphatic carbocycles. The Labute approximate surface area is 316 Å². The van der Waals surface area contributed by atoms with Crippen molar-refractivity contribution in [1.29, 1.82) is 0 Å². The average molecular weight is 829 g/mol. The van der Waals surface area contributed by atoms with Crippen molar-refractivity contribution in [2.45, 2.75) is 154 Å². The van der Waals surface area contributed by atoms with Crippen molar-refractivity contribution in [2.24, 2.45) is 0 Å². The monoisotopic (exact) mass is 828 g/mol. The number of ether oxygens (including phenoxy) is 9. The van der Waals surface area contributed by atoms with Gasteiger partial charge in [-0.05, 0) is 0 Å². The Morgan fingerprint density at radius 1 is 0.268 bits per heavy atom. The Balaban J connectivity index is 1.54. The Kier molecular flexibility index (Phi) is 16.1. The van der Waals surface area contributed by atoms with Crippen LogP contribution in [0.15, 0.2) is 0 Å². The molecule has 0 bridgehead atoms. The number of hydrogen-bond acceptors (Lipinski definition) is 26. The van der Waals surface area contributed by atoms with E-state index >= 15 is 0 Å². The zero-order chi connectivity index (χ0) is 41.3. The van der Waals surface area contributed by atoms with E-state index in [0.717, 1.165) is 0 Å². The van der Waals surface area contributed by atoms with Crippen LogP contribution in [0.2, 0.25) is 0 Å². The van der Waals surface area contributed by atoms with Gasteiger partial charge in [0, 0.05) is 0 Å². The predicted octanol–water partition coefficient (Wildman–Crippen LogP) is -11.9. The molecule has 5 aliphatic heterocycles. The quantitative estimate of drug-likeness (QED) is 0.0819. The van der Waals surface area contributed by atoms with Crippen molar-refractivity contribution in [3.63, 3.8) is 0 Å².